The molecule has 11 heteroatoms. The molecule has 2 N–H and O–H groups in total. The van der Waals surface area contributed by atoms with Gasteiger partial charge in [-0.3, -0.25) is 4.79 Å². The number of nitrogens with zero attached hydrogens (tertiary/aromatic N) is 3. The van der Waals surface area contributed by atoms with Crippen LogP contribution >= 0.6 is 28.6 Å². The second-order valence-electron chi connectivity index (χ2n) is 11.5. The highest BCUT2D eigenvalue weighted by molar-refractivity contribution is 8.93. The number of carbonyl (C=O) groups excluding carboxylic acids is 1. The lowest BCUT2D eigenvalue weighted by molar-refractivity contribution is -0.917. The molecule has 230 valence electrons. The highest BCUT2D eigenvalue weighted by atomic mass is 79.9. The van der Waals surface area contributed by atoms with Crippen LogP contribution in [-0.2, 0) is 34.8 Å². The number of halogens is 3. The zero-order valence-corrected chi connectivity index (χ0v) is 29.5. The van der Waals surface area contributed by atoms with Crippen LogP contribution in [0.5, 0.6) is 0 Å². The van der Waals surface area contributed by atoms with Crippen LogP contribution in [0.2, 0.25) is 0 Å². The van der Waals surface area contributed by atoms with Gasteiger partial charge < -0.3 is 36.7 Å². The third-order valence-electron chi connectivity index (χ3n) is 7.76. The molecule has 1 amide bonds. The molecule has 5 rings (SSSR count). The number of rotatable bonds is 8. The molecule has 1 atom stereocenters. The van der Waals surface area contributed by atoms with E-state index >= 15 is 0 Å². The van der Waals surface area contributed by atoms with Crippen molar-refractivity contribution in [2.75, 3.05) is 43.4 Å². The molecule has 0 saturated heterocycles. The van der Waals surface area contributed by atoms with Gasteiger partial charge in [-0.25, -0.2) is 8.42 Å². The Hall–Kier alpha value is -2.63. The summed E-state index contributed by atoms with van der Waals surface area (Å²) >= 11 is 6.36. The van der Waals surface area contributed by atoms with Gasteiger partial charge in [0.2, 0.25) is 0 Å². The van der Waals surface area contributed by atoms with Gasteiger partial charge in [0, 0.05) is 59.9 Å². The fourth-order valence-corrected chi connectivity index (χ4v) is 7.45. The van der Waals surface area contributed by atoms with E-state index in [1.54, 1.807) is 22.6 Å². The fourth-order valence-electron chi connectivity index (χ4n) is 6.03. The van der Waals surface area contributed by atoms with Crippen LogP contribution in [0.4, 0.5) is 11.4 Å². The van der Waals surface area contributed by atoms with Crippen molar-refractivity contribution < 1.29 is 34.7 Å². The molecule has 0 saturated carbocycles. The van der Waals surface area contributed by atoms with E-state index in [9.17, 15) is 13.2 Å². The van der Waals surface area contributed by atoms with E-state index in [0.717, 1.165) is 34.3 Å². The van der Waals surface area contributed by atoms with Gasteiger partial charge in [0.15, 0.2) is 9.84 Å². The first kappa shape index (κ1) is 34.9. The molecule has 1 aliphatic rings. The SMILES string of the molecule is Br.Cn1c(C[N+](C)(C)Cc2ccccc2)cc(/C=C/C(=O)N2CC(CCl)c3c2cc(N)c2ccccc32)c1S(C)(=O)=O.[Br-]. The van der Waals surface area contributed by atoms with E-state index in [4.69, 9.17) is 17.3 Å². The van der Waals surface area contributed by atoms with Crippen LogP contribution in [0.3, 0.4) is 0 Å². The summed E-state index contributed by atoms with van der Waals surface area (Å²) < 4.78 is 28.1. The fraction of sp³-hybridized carbons (Fsp3) is 0.281. The Balaban J connectivity index is 0.00000253. The lowest BCUT2D eigenvalue weighted by Crippen LogP contribution is -3.00. The second kappa shape index (κ2) is 13.6. The lowest BCUT2D eigenvalue weighted by atomic mass is 9.95. The number of anilines is 2. The van der Waals surface area contributed by atoms with Crippen molar-refractivity contribution in [3.8, 4) is 0 Å². The number of fused-ring (bicyclic) bond motifs is 3. The van der Waals surface area contributed by atoms with Crippen molar-refractivity contribution in [2.24, 2.45) is 7.05 Å². The van der Waals surface area contributed by atoms with Gasteiger partial charge in [0.05, 0.1) is 25.5 Å². The van der Waals surface area contributed by atoms with Crippen molar-refractivity contribution in [3.05, 3.63) is 95.2 Å². The van der Waals surface area contributed by atoms with Gasteiger partial charge in [0.25, 0.3) is 5.91 Å². The molecule has 0 aliphatic carbocycles. The first-order valence-corrected chi connectivity index (χ1v) is 15.9. The summed E-state index contributed by atoms with van der Waals surface area (Å²) in [6, 6.07) is 21.8. The summed E-state index contributed by atoms with van der Waals surface area (Å²) in [4.78, 5) is 15.3. The topological polar surface area (TPSA) is 85.4 Å². The summed E-state index contributed by atoms with van der Waals surface area (Å²) in [6.45, 7) is 1.83. The Morgan fingerprint density at radius 1 is 1.05 bits per heavy atom. The number of benzene rings is 3. The zero-order valence-electron chi connectivity index (χ0n) is 24.6. The molecule has 1 unspecified atom stereocenters. The molecule has 3 aromatic carbocycles. The summed E-state index contributed by atoms with van der Waals surface area (Å²) in [5.41, 5.74) is 11.3. The molecule has 2 heterocycles. The molecule has 1 aliphatic heterocycles. The summed E-state index contributed by atoms with van der Waals surface area (Å²) in [5, 5.41) is 2.12. The molecule has 4 aromatic rings. The monoisotopic (exact) mass is 750 g/mol. The number of nitrogen functional groups attached to an aromatic ring is 1. The van der Waals surface area contributed by atoms with Crippen LogP contribution in [0, 0.1) is 0 Å². The maximum absolute atomic E-state index is 13.6. The van der Waals surface area contributed by atoms with E-state index in [2.05, 4.69) is 26.2 Å². The third-order valence-corrected chi connectivity index (χ3v) is 9.34. The van der Waals surface area contributed by atoms with Crippen LogP contribution < -0.4 is 27.6 Å². The lowest BCUT2D eigenvalue weighted by Gasteiger charge is -2.30. The van der Waals surface area contributed by atoms with E-state index in [1.165, 1.54) is 17.9 Å². The number of aromatic nitrogens is 1. The minimum absolute atomic E-state index is 0. The van der Waals surface area contributed by atoms with Gasteiger partial charge in [-0.15, -0.1) is 28.6 Å². The summed E-state index contributed by atoms with van der Waals surface area (Å²) in [6.07, 6.45) is 4.26. The molecule has 0 bridgehead atoms. The number of quaternary nitrogens is 1. The van der Waals surface area contributed by atoms with E-state index in [0.29, 0.717) is 34.7 Å². The third kappa shape index (κ3) is 7.20. The van der Waals surface area contributed by atoms with Crippen LogP contribution in [0.15, 0.2) is 77.8 Å². The molecule has 7 nitrogen and oxygen atoms in total. The molecule has 43 heavy (non-hydrogen) atoms. The van der Waals surface area contributed by atoms with Gasteiger partial charge in [-0.1, -0.05) is 54.6 Å². The summed E-state index contributed by atoms with van der Waals surface area (Å²) in [7, 11) is 2.43. The molecular formula is C32H37Br2ClN4O3S. The number of carbonyl (C=O) groups is 1. The van der Waals surface area contributed by atoms with Crippen LogP contribution in [0.25, 0.3) is 16.8 Å². The summed E-state index contributed by atoms with van der Waals surface area (Å²) in [5.74, 6) is 0.0822. The quantitative estimate of drug-likeness (QED) is 0.130. The largest absolute Gasteiger partial charge is 1.00 e. The predicted octanol–water partition coefficient (Wildman–Crippen LogP) is 2.90. The average molecular weight is 753 g/mol. The molecule has 0 fully saturated rings. The number of amides is 1. The van der Waals surface area contributed by atoms with Crippen molar-refractivity contribution in [2.45, 2.75) is 24.0 Å². The van der Waals surface area contributed by atoms with Gasteiger partial charge in [0.1, 0.15) is 18.1 Å². The molecule has 0 spiro atoms. The minimum Gasteiger partial charge on any atom is -1.00 e. The predicted molar refractivity (Wildman–Crippen MR) is 178 cm³/mol. The van der Waals surface area contributed by atoms with E-state index < -0.39 is 9.84 Å². The zero-order chi connectivity index (χ0) is 29.5. The molecular weight excluding hydrogens is 716 g/mol. The van der Waals surface area contributed by atoms with E-state index in [1.807, 2.05) is 54.6 Å². The average Bonchev–Trinajstić information content (AvgIpc) is 3.44. The Bertz CT molecular complexity index is 1770. The first-order valence-electron chi connectivity index (χ1n) is 13.5. The first-order chi connectivity index (χ1) is 19.4. The normalized spacial score (nSPS) is 14.9. The number of hydrogen-bond donors (Lipinski definition) is 1. The Morgan fingerprint density at radius 3 is 2.30 bits per heavy atom. The molecule has 1 aromatic heterocycles. The van der Waals surface area contributed by atoms with Crippen LogP contribution in [0.1, 0.15) is 28.3 Å². The van der Waals surface area contributed by atoms with Crippen molar-refractivity contribution in [3.63, 3.8) is 0 Å². The molecule has 0 radical (unpaired) electrons. The second-order valence-corrected chi connectivity index (χ2v) is 13.8. The van der Waals surface area contributed by atoms with Crippen molar-refractivity contribution in [1.29, 1.82) is 0 Å². The Morgan fingerprint density at radius 2 is 1.67 bits per heavy atom. The number of hydrogen-bond acceptors (Lipinski definition) is 4. The van der Waals surface area contributed by atoms with Gasteiger partial charge in [-0.2, -0.15) is 0 Å². The highest BCUT2D eigenvalue weighted by Crippen LogP contribution is 2.44. The van der Waals surface area contributed by atoms with Gasteiger partial charge in [-0.05, 0) is 29.2 Å². The minimum atomic E-state index is -3.57. The van der Waals surface area contributed by atoms with Gasteiger partial charge >= 0.3 is 0 Å². The van der Waals surface area contributed by atoms with Crippen LogP contribution in [-0.4, -0.2) is 56.2 Å². The smallest absolute Gasteiger partial charge is 0.251 e. The standard InChI is InChI=1S/C32H36ClN4O3S.2BrH/c1-35-25(21-37(2,3)20-22-10-6-5-7-11-22)16-23(32(35)41(4,39)40)14-15-30(38)36-19-24(18-33)31-27-13-9-8-12-26(27)28(34)17-29(31)36;;/h5-17,24H,18-21,34H2,1-4H3;2*1H/q+1;;/p-1/b15-14+;;. The van der Waals surface area contributed by atoms with E-state index in [-0.39, 0.29) is 50.8 Å². The van der Waals surface area contributed by atoms with Crippen molar-refractivity contribution in [1.82, 2.24) is 4.57 Å². The highest BCUT2D eigenvalue weighted by Gasteiger charge is 2.33. The number of alkyl halides is 1. The number of sulfone groups is 1. The maximum atomic E-state index is 13.6. The Labute approximate surface area is 280 Å². The Kier molecular flexibility index (Phi) is 11.0. The van der Waals surface area contributed by atoms with Crippen molar-refractivity contribution >= 4 is 72.6 Å². The number of nitrogens with two attached hydrogens (primary N) is 1. The maximum Gasteiger partial charge on any atom is 0.251 e.